The first-order valence-corrected chi connectivity index (χ1v) is 16.5. The van der Waals surface area contributed by atoms with E-state index in [1.165, 1.54) is 0 Å². The quantitative estimate of drug-likeness (QED) is 0.0735. The Morgan fingerprint density at radius 2 is 1.15 bits per heavy atom. The van der Waals surface area contributed by atoms with Gasteiger partial charge in [-0.3, -0.25) is 0 Å². The highest BCUT2D eigenvalue weighted by Gasteiger charge is 2.44. The van der Waals surface area contributed by atoms with Crippen LogP contribution >= 0.6 is 0 Å². The lowest BCUT2D eigenvalue weighted by molar-refractivity contribution is -0.137. The van der Waals surface area contributed by atoms with E-state index in [9.17, 15) is 4.79 Å². The van der Waals surface area contributed by atoms with Gasteiger partial charge in [-0.2, -0.15) is 0 Å². The van der Waals surface area contributed by atoms with Gasteiger partial charge in [0.25, 0.3) is 0 Å². The molecule has 0 heterocycles. The van der Waals surface area contributed by atoms with Gasteiger partial charge in [-0.1, -0.05) is 6.58 Å². The van der Waals surface area contributed by atoms with Crippen molar-refractivity contribution >= 4 is 23.1 Å². The van der Waals surface area contributed by atoms with Gasteiger partial charge < -0.3 is 31.9 Å². The summed E-state index contributed by atoms with van der Waals surface area (Å²) in [6.07, 6.45) is 4.49. The zero-order valence-corrected chi connectivity index (χ0v) is 23.9. The zero-order valence-electron chi connectivity index (χ0n) is 21.9. The highest BCUT2D eigenvalue weighted by molar-refractivity contribution is 6.80. The van der Waals surface area contributed by atoms with Crippen molar-refractivity contribution in [3.63, 3.8) is 0 Å². The lowest BCUT2D eigenvalue weighted by Crippen LogP contribution is -2.55. The number of unbranched alkanes of at least 4 members (excludes halogenated alkanes) is 2. The Kier molecular flexibility index (Phi) is 22.5. The molecule has 0 aromatic heterocycles. The van der Waals surface area contributed by atoms with Crippen molar-refractivity contribution in [3.05, 3.63) is 25.3 Å². The number of carbonyl (C=O) groups is 1. The molecule has 0 aliphatic heterocycles. The number of hydrogen-bond acceptors (Lipinski definition) is 8. The molecule has 8 nitrogen and oxygen atoms in total. The number of rotatable bonds is 21. The van der Waals surface area contributed by atoms with Gasteiger partial charge in [0.1, 0.15) is 6.23 Å². The number of methoxy groups -OCH3 is 3. The largest absolute Gasteiger partial charge is 0.460 e. The van der Waals surface area contributed by atoms with Crippen LogP contribution in [0.5, 0.6) is 0 Å². The Morgan fingerprint density at radius 3 is 1.61 bits per heavy atom. The van der Waals surface area contributed by atoms with Crippen LogP contribution in [-0.2, 0) is 36.7 Å². The van der Waals surface area contributed by atoms with Crippen LogP contribution in [0.1, 0.15) is 39.0 Å². The normalized spacial score (nSPS) is 14.5. The van der Waals surface area contributed by atoms with E-state index in [2.05, 4.69) is 26.3 Å². The summed E-state index contributed by atoms with van der Waals surface area (Å²) in [7, 11) is -0.361. The fourth-order valence-electron chi connectivity index (χ4n) is 2.84. The standard InChI is InChI=1S/C21H44O8Si2.C2H4/c1-20(2)21(22)26-19-31(7,28-17-11-9-14-24-4)29-30(6,18-12-15-25-5)27-16-10-8-13-23-3;1-2/h1,8-19H2,2-7H3;1-2H2. The molecule has 0 aromatic rings. The third-order valence-electron chi connectivity index (χ3n) is 4.53. The number of ether oxygens (including phenoxy) is 4. The monoisotopic (exact) mass is 508 g/mol. The molecule has 2 atom stereocenters. The summed E-state index contributed by atoms with van der Waals surface area (Å²) < 4.78 is 40.0. The molecule has 0 fully saturated rings. The fraction of sp³-hybridized carbons (Fsp3) is 0.783. The lowest BCUT2D eigenvalue weighted by atomic mass is 10.3. The van der Waals surface area contributed by atoms with Crippen molar-refractivity contribution < 1.29 is 36.7 Å². The first kappa shape index (κ1) is 34.3. The van der Waals surface area contributed by atoms with Crippen LogP contribution in [-0.4, -0.2) is 83.7 Å². The molecule has 0 radical (unpaired) electrons. The maximum absolute atomic E-state index is 12.0. The zero-order chi connectivity index (χ0) is 25.6. The first-order chi connectivity index (χ1) is 15.7. The van der Waals surface area contributed by atoms with Crippen LogP contribution in [0, 0.1) is 0 Å². The Balaban J connectivity index is 0. The van der Waals surface area contributed by atoms with Crippen LogP contribution in [0.3, 0.4) is 0 Å². The van der Waals surface area contributed by atoms with Crippen molar-refractivity contribution in [3.8, 4) is 0 Å². The van der Waals surface area contributed by atoms with Gasteiger partial charge in [-0.15, -0.1) is 13.2 Å². The lowest BCUT2D eigenvalue weighted by Gasteiger charge is -2.36. The van der Waals surface area contributed by atoms with Crippen molar-refractivity contribution in [2.24, 2.45) is 0 Å². The van der Waals surface area contributed by atoms with E-state index >= 15 is 0 Å². The molecule has 0 saturated carbocycles. The second kappa shape index (κ2) is 21.7. The molecule has 10 heteroatoms. The first-order valence-electron chi connectivity index (χ1n) is 11.5. The maximum Gasteiger partial charge on any atom is 0.365 e. The predicted molar refractivity (Wildman–Crippen MR) is 137 cm³/mol. The van der Waals surface area contributed by atoms with Crippen molar-refractivity contribution in [2.75, 3.05) is 60.6 Å². The summed E-state index contributed by atoms with van der Waals surface area (Å²) >= 11 is 0. The van der Waals surface area contributed by atoms with Gasteiger partial charge in [0.2, 0.25) is 0 Å². The molecular weight excluding hydrogens is 460 g/mol. The molecule has 0 rings (SSSR count). The summed E-state index contributed by atoms with van der Waals surface area (Å²) in [4.78, 5) is 12.0. The van der Waals surface area contributed by atoms with E-state index in [-0.39, 0.29) is 6.23 Å². The van der Waals surface area contributed by atoms with E-state index in [0.29, 0.717) is 38.6 Å². The SMILES string of the molecule is C=C.C=C(C)C(=O)OC[Si](C)(OCCCCOC)O[Si](C)(CCCOC)OCCCCOC. The smallest absolute Gasteiger partial charge is 0.365 e. The molecule has 0 saturated heterocycles. The molecule has 0 aliphatic rings. The Morgan fingerprint density at radius 1 is 0.727 bits per heavy atom. The van der Waals surface area contributed by atoms with Crippen molar-refractivity contribution in [2.45, 2.75) is 58.2 Å². The summed E-state index contributed by atoms with van der Waals surface area (Å²) in [5.74, 6) is -0.437. The minimum atomic E-state index is -2.84. The molecule has 0 bridgehead atoms. The minimum absolute atomic E-state index is 0.100. The number of esters is 1. The van der Waals surface area contributed by atoms with Crippen LogP contribution in [0.4, 0.5) is 0 Å². The van der Waals surface area contributed by atoms with Crippen molar-refractivity contribution in [1.29, 1.82) is 0 Å². The van der Waals surface area contributed by atoms with Gasteiger partial charge in [0.05, 0.1) is 0 Å². The topological polar surface area (TPSA) is 81.7 Å². The van der Waals surface area contributed by atoms with Gasteiger partial charge >= 0.3 is 23.1 Å². The molecule has 196 valence electrons. The Hall–Kier alpha value is -0.856. The summed E-state index contributed by atoms with van der Waals surface area (Å²) in [5.41, 5.74) is 0.353. The predicted octanol–water partition coefficient (Wildman–Crippen LogP) is 4.53. The molecule has 2 unspecified atom stereocenters. The average molecular weight is 509 g/mol. The Bertz CT molecular complexity index is 509. The highest BCUT2D eigenvalue weighted by Crippen LogP contribution is 2.24. The third kappa shape index (κ3) is 19.2. The van der Waals surface area contributed by atoms with Crippen LogP contribution in [0.15, 0.2) is 25.3 Å². The highest BCUT2D eigenvalue weighted by atomic mass is 28.5. The van der Waals surface area contributed by atoms with Crippen LogP contribution in [0.25, 0.3) is 0 Å². The van der Waals surface area contributed by atoms with Crippen molar-refractivity contribution in [1.82, 2.24) is 0 Å². The third-order valence-corrected chi connectivity index (χ3v) is 11.5. The summed E-state index contributed by atoms with van der Waals surface area (Å²) in [6.45, 7) is 18.4. The van der Waals surface area contributed by atoms with E-state index in [0.717, 1.165) is 38.1 Å². The van der Waals surface area contributed by atoms with E-state index in [1.807, 2.05) is 6.55 Å². The van der Waals surface area contributed by atoms with E-state index < -0.39 is 23.1 Å². The van der Waals surface area contributed by atoms with Gasteiger partial charge in [-0.05, 0) is 58.2 Å². The molecule has 0 N–H and O–H groups in total. The van der Waals surface area contributed by atoms with Gasteiger partial charge in [0, 0.05) is 59.9 Å². The fourth-order valence-corrected chi connectivity index (χ4v) is 10.2. The Labute approximate surface area is 204 Å². The molecule has 33 heavy (non-hydrogen) atoms. The summed E-state index contributed by atoms with van der Waals surface area (Å²) in [6, 6.07) is 0.773. The number of carbonyl (C=O) groups excluding carboxylic acids is 1. The second-order valence-corrected chi connectivity index (χ2v) is 14.6. The molecule has 0 amide bonds. The van der Waals surface area contributed by atoms with Gasteiger partial charge in [-0.25, -0.2) is 4.79 Å². The van der Waals surface area contributed by atoms with E-state index in [1.54, 1.807) is 28.3 Å². The maximum atomic E-state index is 12.0. The molecule has 0 aliphatic carbocycles. The van der Waals surface area contributed by atoms with Gasteiger partial charge in [0.15, 0.2) is 0 Å². The minimum Gasteiger partial charge on any atom is -0.460 e. The van der Waals surface area contributed by atoms with Crippen LogP contribution < -0.4 is 0 Å². The average Bonchev–Trinajstić information content (AvgIpc) is 2.78. The number of hydrogen-bond donors (Lipinski definition) is 0. The molecular formula is C23H48O8Si2. The second-order valence-electron chi connectivity index (χ2n) is 7.92. The molecule has 0 aromatic carbocycles. The molecule has 0 spiro atoms. The van der Waals surface area contributed by atoms with E-state index in [4.69, 9.17) is 31.9 Å². The van der Waals surface area contributed by atoms with Crippen LogP contribution in [0.2, 0.25) is 19.1 Å². The summed E-state index contributed by atoms with van der Waals surface area (Å²) in [5, 5.41) is 0.